The van der Waals surface area contributed by atoms with Gasteiger partial charge in [0.15, 0.2) is 0 Å². The quantitative estimate of drug-likeness (QED) is 0.740. The Kier molecular flexibility index (Phi) is 5.00. The predicted octanol–water partition coefficient (Wildman–Crippen LogP) is 1.29. The number of carbonyl (C=O) groups excluding carboxylic acids is 2. The van der Waals surface area contributed by atoms with E-state index in [-0.39, 0.29) is 17.7 Å². The maximum absolute atomic E-state index is 12.6. The molecule has 2 rings (SSSR count). The molecule has 0 aliphatic heterocycles. The van der Waals surface area contributed by atoms with Crippen molar-refractivity contribution in [1.29, 1.82) is 0 Å². The number of aromatic hydroxyl groups is 1. The summed E-state index contributed by atoms with van der Waals surface area (Å²) in [5.74, 6) is -1.63. The van der Waals surface area contributed by atoms with Crippen molar-refractivity contribution in [2.45, 2.75) is 33.2 Å². The summed E-state index contributed by atoms with van der Waals surface area (Å²) < 4.78 is 1.45. The van der Waals surface area contributed by atoms with Gasteiger partial charge in [-0.1, -0.05) is 26.0 Å². The third-order valence-corrected chi connectivity index (χ3v) is 3.46. The minimum absolute atomic E-state index is 0.185. The molecule has 3 N–H and O–H groups in total. The summed E-state index contributed by atoms with van der Waals surface area (Å²) in [5, 5.41) is 10.7. The normalized spacial score (nSPS) is 10.5. The lowest BCUT2D eigenvalue weighted by atomic mass is 10.1. The Hall–Kier alpha value is -2.83. The van der Waals surface area contributed by atoms with Crippen LogP contribution in [0.4, 0.5) is 0 Å². The Morgan fingerprint density at radius 3 is 2.52 bits per heavy atom. The van der Waals surface area contributed by atoms with E-state index < -0.39 is 17.4 Å². The second kappa shape index (κ2) is 6.95. The molecule has 0 unspecified atom stereocenters. The van der Waals surface area contributed by atoms with E-state index in [9.17, 15) is 19.5 Å². The van der Waals surface area contributed by atoms with Gasteiger partial charge in [0.1, 0.15) is 11.3 Å². The summed E-state index contributed by atoms with van der Waals surface area (Å²) >= 11 is 0. The number of pyridine rings is 1. The fourth-order valence-electron chi connectivity index (χ4n) is 2.32. The van der Waals surface area contributed by atoms with Crippen LogP contribution in [0.25, 0.3) is 10.9 Å². The number of benzene rings is 1. The second-order valence-electron chi connectivity index (χ2n) is 5.05. The highest BCUT2D eigenvalue weighted by Gasteiger charge is 2.22. The van der Waals surface area contributed by atoms with Gasteiger partial charge in [-0.2, -0.15) is 0 Å². The van der Waals surface area contributed by atoms with E-state index in [0.29, 0.717) is 23.9 Å². The number of amides is 2. The highest BCUT2D eigenvalue weighted by molar-refractivity contribution is 6.02. The Labute approximate surface area is 132 Å². The maximum Gasteiger partial charge on any atom is 0.279 e. The number of para-hydroxylation sites is 1. The number of hydrogen-bond donors (Lipinski definition) is 3. The minimum atomic E-state index is -0.843. The summed E-state index contributed by atoms with van der Waals surface area (Å²) in [5.41, 5.74) is 3.93. The maximum atomic E-state index is 12.6. The van der Waals surface area contributed by atoms with E-state index in [1.54, 1.807) is 31.2 Å². The van der Waals surface area contributed by atoms with Gasteiger partial charge in [0, 0.05) is 18.4 Å². The number of aryl methyl sites for hydroxylation is 1. The van der Waals surface area contributed by atoms with Gasteiger partial charge >= 0.3 is 0 Å². The molecule has 0 fully saturated rings. The van der Waals surface area contributed by atoms with Crippen molar-refractivity contribution in [3.05, 3.63) is 40.2 Å². The molecule has 1 aromatic carbocycles. The van der Waals surface area contributed by atoms with Crippen LogP contribution in [-0.4, -0.2) is 21.5 Å². The molecule has 7 heteroatoms. The van der Waals surface area contributed by atoms with Crippen LogP contribution in [-0.2, 0) is 11.3 Å². The van der Waals surface area contributed by atoms with Gasteiger partial charge in [-0.05, 0) is 18.6 Å². The largest absolute Gasteiger partial charge is 0.506 e. The van der Waals surface area contributed by atoms with Gasteiger partial charge < -0.3 is 9.67 Å². The fraction of sp³-hybridized carbons (Fsp3) is 0.312. The molecule has 7 nitrogen and oxygen atoms in total. The zero-order chi connectivity index (χ0) is 17.0. The van der Waals surface area contributed by atoms with Gasteiger partial charge in [0.05, 0.1) is 5.52 Å². The van der Waals surface area contributed by atoms with Crippen molar-refractivity contribution in [3.8, 4) is 5.75 Å². The summed E-state index contributed by atoms with van der Waals surface area (Å²) in [6.07, 6.45) is 0.881. The van der Waals surface area contributed by atoms with Gasteiger partial charge in [-0.3, -0.25) is 25.2 Å². The molecule has 2 amide bonds. The minimum Gasteiger partial charge on any atom is -0.506 e. The average molecular weight is 317 g/mol. The van der Waals surface area contributed by atoms with Crippen molar-refractivity contribution in [1.82, 2.24) is 15.4 Å². The molecule has 0 saturated heterocycles. The molecule has 0 atom stereocenters. The molecule has 23 heavy (non-hydrogen) atoms. The van der Waals surface area contributed by atoms with Crippen LogP contribution in [0, 0.1) is 0 Å². The van der Waals surface area contributed by atoms with Crippen molar-refractivity contribution >= 4 is 22.7 Å². The molecule has 1 aromatic heterocycles. The van der Waals surface area contributed by atoms with E-state index in [2.05, 4.69) is 10.9 Å². The number of nitrogens with zero attached hydrogens (tertiary/aromatic N) is 1. The molecular weight excluding hydrogens is 298 g/mol. The van der Waals surface area contributed by atoms with E-state index in [4.69, 9.17) is 0 Å². The Morgan fingerprint density at radius 2 is 1.87 bits per heavy atom. The van der Waals surface area contributed by atoms with E-state index >= 15 is 0 Å². The third-order valence-electron chi connectivity index (χ3n) is 3.46. The fourth-order valence-corrected chi connectivity index (χ4v) is 2.32. The van der Waals surface area contributed by atoms with Crippen LogP contribution in [0.3, 0.4) is 0 Å². The van der Waals surface area contributed by atoms with Crippen LogP contribution in [0.5, 0.6) is 5.75 Å². The second-order valence-corrected chi connectivity index (χ2v) is 5.05. The number of nitrogens with one attached hydrogen (secondary N) is 2. The van der Waals surface area contributed by atoms with Crippen molar-refractivity contribution in [2.75, 3.05) is 0 Å². The molecule has 0 radical (unpaired) electrons. The molecule has 0 aliphatic carbocycles. The first-order chi connectivity index (χ1) is 11.0. The van der Waals surface area contributed by atoms with E-state index in [1.165, 1.54) is 4.57 Å². The zero-order valence-corrected chi connectivity index (χ0v) is 13.0. The van der Waals surface area contributed by atoms with Crippen molar-refractivity contribution in [3.63, 3.8) is 0 Å². The average Bonchev–Trinajstić information content (AvgIpc) is 2.56. The zero-order valence-electron chi connectivity index (χ0n) is 13.0. The van der Waals surface area contributed by atoms with Crippen LogP contribution in [0.1, 0.15) is 37.0 Å². The van der Waals surface area contributed by atoms with Gasteiger partial charge in [0.25, 0.3) is 11.5 Å². The summed E-state index contributed by atoms with van der Waals surface area (Å²) in [7, 11) is 0. The van der Waals surface area contributed by atoms with Crippen LogP contribution in [0.2, 0.25) is 0 Å². The van der Waals surface area contributed by atoms with Crippen LogP contribution >= 0.6 is 0 Å². The van der Waals surface area contributed by atoms with Crippen LogP contribution < -0.4 is 16.4 Å². The lowest BCUT2D eigenvalue weighted by Crippen LogP contribution is -2.43. The number of hydrazine groups is 1. The molecule has 0 bridgehead atoms. The van der Waals surface area contributed by atoms with Crippen LogP contribution in [0.15, 0.2) is 29.1 Å². The van der Waals surface area contributed by atoms with E-state index in [0.717, 1.165) is 0 Å². The van der Waals surface area contributed by atoms with Crippen molar-refractivity contribution < 1.29 is 14.7 Å². The first-order valence-electron chi connectivity index (χ1n) is 7.44. The number of hydrogen-bond acceptors (Lipinski definition) is 4. The first-order valence-corrected chi connectivity index (χ1v) is 7.44. The number of aromatic nitrogens is 1. The standard InChI is InChI=1S/C16H19N3O4/c1-3-9-19-11-8-6-5-7-10(11)14(21)13(16(19)23)15(22)18-17-12(20)4-2/h5-8,21H,3-4,9H2,1-2H3,(H,17,20)(H,18,22). The third kappa shape index (κ3) is 3.18. The lowest BCUT2D eigenvalue weighted by molar-refractivity contribution is -0.121. The number of rotatable bonds is 4. The highest BCUT2D eigenvalue weighted by atomic mass is 16.3. The molecule has 122 valence electrons. The summed E-state index contributed by atoms with van der Waals surface area (Å²) in [6, 6.07) is 6.82. The highest BCUT2D eigenvalue weighted by Crippen LogP contribution is 2.26. The molecule has 2 aromatic rings. The molecule has 0 spiro atoms. The van der Waals surface area contributed by atoms with Gasteiger partial charge in [-0.25, -0.2) is 0 Å². The summed E-state index contributed by atoms with van der Waals surface area (Å²) in [6.45, 7) is 3.96. The molecule has 0 aliphatic rings. The molecular formula is C16H19N3O4. The molecule has 1 heterocycles. The number of fused-ring (bicyclic) bond motifs is 1. The summed E-state index contributed by atoms with van der Waals surface area (Å²) in [4.78, 5) is 36.0. The van der Waals surface area contributed by atoms with Gasteiger partial charge in [-0.15, -0.1) is 0 Å². The topological polar surface area (TPSA) is 100 Å². The number of carbonyl (C=O) groups is 2. The first kappa shape index (κ1) is 16.5. The monoisotopic (exact) mass is 317 g/mol. The predicted molar refractivity (Wildman–Crippen MR) is 86.1 cm³/mol. The Balaban J connectivity index is 2.57. The SMILES string of the molecule is CCCn1c(=O)c(C(=O)NNC(=O)CC)c(O)c2ccccc21. The van der Waals surface area contributed by atoms with Crippen molar-refractivity contribution in [2.24, 2.45) is 0 Å². The van der Waals surface area contributed by atoms with E-state index in [1.807, 2.05) is 6.92 Å². The molecule has 0 saturated carbocycles. The Bertz CT molecular complexity index is 811. The smallest absolute Gasteiger partial charge is 0.279 e. The Morgan fingerprint density at radius 1 is 1.17 bits per heavy atom. The van der Waals surface area contributed by atoms with Gasteiger partial charge in [0.2, 0.25) is 5.91 Å². The lowest BCUT2D eigenvalue weighted by Gasteiger charge is -2.14.